The van der Waals surface area contributed by atoms with Crippen LogP contribution in [0.5, 0.6) is 0 Å². The number of benzene rings is 1. The number of nitrogens with zero attached hydrogens (tertiary/aromatic N) is 2. The van der Waals surface area contributed by atoms with Crippen molar-refractivity contribution in [1.82, 2.24) is 25.5 Å². The van der Waals surface area contributed by atoms with E-state index in [-0.39, 0.29) is 0 Å². The lowest BCUT2D eigenvalue weighted by Crippen LogP contribution is -2.19. The van der Waals surface area contributed by atoms with Gasteiger partial charge in [-0.15, -0.1) is 0 Å². The van der Waals surface area contributed by atoms with E-state index in [4.69, 9.17) is 4.74 Å². The molecule has 8 nitrogen and oxygen atoms in total. The van der Waals surface area contributed by atoms with E-state index in [0.717, 1.165) is 36.3 Å². The Bertz CT molecular complexity index is 810. The molecule has 8 heteroatoms. The van der Waals surface area contributed by atoms with Crippen LogP contribution in [0.1, 0.15) is 12.5 Å². The fraction of sp³-hybridized carbons (Fsp3) is 0.312. The first-order valence-corrected chi connectivity index (χ1v) is 7.83. The zero-order chi connectivity index (χ0) is 16.8. The molecule has 0 unspecified atom stereocenters. The summed E-state index contributed by atoms with van der Waals surface area (Å²) >= 11 is 0. The van der Waals surface area contributed by atoms with Crippen molar-refractivity contribution >= 4 is 23.1 Å². The number of carbonyl (C=O) groups excluding carboxylic acids is 1. The van der Waals surface area contributed by atoms with Gasteiger partial charge >= 0.3 is 0 Å². The second-order valence-electron chi connectivity index (χ2n) is 5.23. The SMILES string of the molecule is CCOCCNCc1ccc2nc(-c3[nH]ncc3NC=O)[nH]c2c1. The smallest absolute Gasteiger partial charge is 0.211 e. The zero-order valence-electron chi connectivity index (χ0n) is 13.4. The Kier molecular flexibility index (Phi) is 5.19. The topological polar surface area (TPSA) is 108 Å². The number of fused-ring (bicyclic) bond motifs is 1. The van der Waals surface area contributed by atoms with E-state index < -0.39 is 0 Å². The molecule has 0 fully saturated rings. The fourth-order valence-electron chi connectivity index (χ4n) is 2.45. The number of ether oxygens (including phenoxy) is 1. The standard InChI is InChI=1S/C16H20N6O2/c1-2-24-6-5-17-8-11-3-4-12-13(7-11)21-16(20-12)15-14(18-10-23)9-19-22-15/h3-4,7,9-10,17H,2,5-6,8H2,1H3,(H,18,23)(H,19,22)(H,20,21). The Morgan fingerprint density at radius 3 is 3.12 bits per heavy atom. The quantitative estimate of drug-likeness (QED) is 0.353. The van der Waals surface area contributed by atoms with Crippen LogP contribution in [-0.2, 0) is 16.1 Å². The summed E-state index contributed by atoms with van der Waals surface area (Å²) in [7, 11) is 0. The predicted molar refractivity (Wildman–Crippen MR) is 91.6 cm³/mol. The van der Waals surface area contributed by atoms with Crippen molar-refractivity contribution in [3.05, 3.63) is 30.0 Å². The average molecular weight is 328 g/mol. The summed E-state index contributed by atoms with van der Waals surface area (Å²) in [5.41, 5.74) is 4.18. The Morgan fingerprint density at radius 2 is 2.29 bits per heavy atom. The van der Waals surface area contributed by atoms with E-state index in [1.807, 2.05) is 19.1 Å². The molecule has 4 N–H and O–H groups in total. The highest BCUT2D eigenvalue weighted by molar-refractivity contribution is 5.85. The van der Waals surface area contributed by atoms with Crippen LogP contribution in [0.3, 0.4) is 0 Å². The number of aromatic amines is 2. The summed E-state index contributed by atoms with van der Waals surface area (Å²) in [4.78, 5) is 18.4. The molecule has 2 aromatic heterocycles. The number of hydrogen-bond acceptors (Lipinski definition) is 5. The Labute approximate surface area is 139 Å². The summed E-state index contributed by atoms with van der Waals surface area (Å²) in [6, 6.07) is 6.07. The number of carbonyl (C=O) groups is 1. The highest BCUT2D eigenvalue weighted by Crippen LogP contribution is 2.25. The third-order valence-electron chi connectivity index (χ3n) is 3.59. The van der Waals surface area contributed by atoms with E-state index in [9.17, 15) is 4.79 Å². The van der Waals surface area contributed by atoms with Gasteiger partial charge in [0, 0.05) is 19.7 Å². The molecular formula is C16H20N6O2. The first-order chi connectivity index (χ1) is 11.8. The summed E-state index contributed by atoms with van der Waals surface area (Å²) in [5.74, 6) is 0.633. The van der Waals surface area contributed by atoms with Gasteiger partial charge in [-0.1, -0.05) is 6.07 Å². The zero-order valence-corrected chi connectivity index (χ0v) is 13.4. The molecule has 0 bridgehead atoms. The maximum Gasteiger partial charge on any atom is 0.211 e. The molecule has 0 spiro atoms. The lowest BCUT2D eigenvalue weighted by molar-refractivity contribution is -0.105. The molecule has 24 heavy (non-hydrogen) atoms. The van der Waals surface area contributed by atoms with Crippen LogP contribution in [0, 0.1) is 0 Å². The van der Waals surface area contributed by atoms with Gasteiger partial charge in [-0.2, -0.15) is 5.10 Å². The van der Waals surface area contributed by atoms with E-state index in [1.165, 1.54) is 0 Å². The number of rotatable bonds is 9. The van der Waals surface area contributed by atoms with Gasteiger partial charge in [0.25, 0.3) is 0 Å². The number of H-pyrrole nitrogens is 2. The van der Waals surface area contributed by atoms with Crippen LogP contribution in [0.2, 0.25) is 0 Å². The molecule has 0 saturated heterocycles. The molecule has 3 aromatic rings. The predicted octanol–water partition coefficient (Wildman–Crippen LogP) is 1.65. The van der Waals surface area contributed by atoms with Gasteiger partial charge in [-0.05, 0) is 24.6 Å². The van der Waals surface area contributed by atoms with E-state index in [2.05, 4.69) is 36.9 Å². The van der Waals surface area contributed by atoms with Crippen molar-refractivity contribution in [1.29, 1.82) is 0 Å². The molecular weight excluding hydrogens is 308 g/mol. The molecule has 3 rings (SSSR count). The minimum absolute atomic E-state index is 0.585. The van der Waals surface area contributed by atoms with Crippen molar-refractivity contribution in [2.45, 2.75) is 13.5 Å². The fourth-order valence-corrected chi connectivity index (χ4v) is 2.45. The van der Waals surface area contributed by atoms with Crippen molar-refractivity contribution in [3.63, 3.8) is 0 Å². The first kappa shape index (κ1) is 16.2. The second kappa shape index (κ2) is 7.71. The molecule has 1 amide bonds. The van der Waals surface area contributed by atoms with Gasteiger partial charge in [0.05, 0.1) is 29.5 Å². The number of aromatic nitrogens is 4. The highest BCUT2D eigenvalue weighted by Gasteiger charge is 2.12. The summed E-state index contributed by atoms with van der Waals surface area (Å²) in [6.45, 7) is 5.01. The minimum atomic E-state index is 0.585. The Hall–Kier alpha value is -2.71. The van der Waals surface area contributed by atoms with Crippen LogP contribution < -0.4 is 10.6 Å². The number of anilines is 1. The van der Waals surface area contributed by atoms with Crippen molar-refractivity contribution in [2.75, 3.05) is 25.1 Å². The van der Waals surface area contributed by atoms with Gasteiger partial charge in [0.1, 0.15) is 5.69 Å². The Morgan fingerprint density at radius 1 is 1.38 bits per heavy atom. The summed E-state index contributed by atoms with van der Waals surface area (Å²) < 4.78 is 5.30. The lowest BCUT2D eigenvalue weighted by atomic mass is 10.2. The van der Waals surface area contributed by atoms with Gasteiger partial charge in [0.2, 0.25) is 6.41 Å². The highest BCUT2D eigenvalue weighted by atomic mass is 16.5. The Balaban J connectivity index is 1.74. The van der Waals surface area contributed by atoms with Crippen LogP contribution in [-0.4, -0.2) is 46.3 Å². The molecule has 0 aliphatic heterocycles. The molecule has 0 saturated carbocycles. The van der Waals surface area contributed by atoms with E-state index in [0.29, 0.717) is 30.2 Å². The van der Waals surface area contributed by atoms with E-state index >= 15 is 0 Å². The minimum Gasteiger partial charge on any atom is -0.380 e. The van der Waals surface area contributed by atoms with Crippen LogP contribution in [0.25, 0.3) is 22.6 Å². The monoisotopic (exact) mass is 328 g/mol. The molecule has 0 aliphatic carbocycles. The van der Waals surface area contributed by atoms with Gasteiger partial charge < -0.3 is 20.4 Å². The molecule has 0 aliphatic rings. The number of nitrogens with one attached hydrogen (secondary N) is 4. The molecule has 0 atom stereocenters. The lowest BCUT2D eigenvalue weighted by Gasteiger charge is -2.04. The number of imidazole rings is 1. The van der Waals surface area contributed by atoms with Gasteiger partial charge in [-0.25, -0.2) is 4.98 Å². The third-order valence-corrected chi connectivity index (χ3v) is 3.59. The number of hydrogen-bond donors (Lipinski definition) is 4. The van der Waals surface area contributed by atoms with E-state index in [1.54, 1.807) is 6.20 Å². The average Bonchev–Trinajstić information content (AvgIpc) is 3.20. The number of amides is 1. The van der Waals surface area contributed by atoms with Crippen LogP contribution in [0.15, 0.2) is 24.4 Å². The largest absolute Gasteiger partial charge is 0.380 e. The van der Waals surface area contributed by atoms with Crippen molar-refractivity contribution < 1.29 is 9.53 Å². The summed E-state index contributed by atoms with van der Waals surface area (Å²) in [6.07, 6.45) is 2.16. The third kappa shape index (κ3) is 3.61. The van der Waals surface area contributed by atoms with Crippen molar-refractivity contribution in [3.8, 4) is 11.5 Å². The second-order valence-corrected chi connectivity index (χ2v) is 5.23. The maximum atomic E-state index is 10.6. The molecule has 126 valence electrons. The normalized spacial score (nSPS) is 11.0. The van der Waals surface area contributed by atoms with Crippen LogP contribution >= 0.6 is 0 Å². The van der Waals surface area contributed by atoms with Gasteiger partial charge in [0.15, 0.2) is 5.82 Å². The maximum absolute atomic E-state index is 10.6. The van der Waals surface area contributed by atoms with Crippen LogP contribution in [0.4, 0.5) is 5.69 Å². The van der Waals surface area contributed by atoms with Gasteiger partial charge in [-0.3, -0.25) is 9.89 Å². The molecule has 1 aromatic carbocycles. The first-order valence-electron chi connectivity index (χ1n) is 7.83. The molecule has 2 heterocycles. The van der Waals surface area contributed by atoms with Crippen molar-refractivity contribution in [2.24, 2.45) is 0 Å². The molecule has 0 radical (unpaired) electrons. The summed E-state index contributed by atoms with van der Waals surface area (Å²) in [5, 5.41) is 12.7.